The molecule has 0 bridgehead atoms. The molecule has 0 aromatic heterocycles. The molecule has 0 saturated carbocycles. The third-order valence-corrected chi connectivity index (χ3v) is 6.27. The number of hydrogen-bond acceptors (Lipinski definition) is 6. The third kappa shape index (κ3) is 3.20. The molecule has 0 N–H and O–H groups in total. The van der Waals surface area contributed by atoms with E-state index in [1.165, 1.54) is 0 Å². The van der Waals surface area contributed by atoms with E-state index in [-0.39, 0.29) is 23.5 Å². The molecule has 0 radical (unpaired) electrons. The molecule has 156 valence electrons. The first-order chi connectivity index (χ1) is 14.0. The topological polar surface area (TPSA) is 55.4 Å². The van der Waals surface area contributed by atoms with Crippen LogP contribution < -0.4 is 18.9 Å². The van der Waals surface area contributed by atoms with Crippen molar-refractivity contribution in [2.45, 2.75) is 19.1 Å². The van der Waals surface area contributed by atoms with Crippen molar-refractivity contribution in [1.29, 1.82) is 0 Å². The minimum Gasteiger partial charge on any atom is -0.493 e. The van der Waals surface area contributed by atoms with Gasteiger partial charge in [-0.25, -0.2) is 0 Å². The van der Waals surface area contributed by atoms with Gasteiger partial charge in [0.2, 0.25) is 0 Å². The number of methoxy groups -OCH3 is 4. The van der Waals surface area contributed by atoms with E-state index >= 15 is 0 Å². The summed E-state index contributed by atoms with van der Waals surface area (Å²) in [6.45, 7) is 3.50. The first kappa shape index (κ1) is 19.9. The van der Waals surface area contributed by atoms with Crippen LogP contribution in [0.1, 0.15) is 30.3 Å². The van der Waals surface area contributed by atoms with Crippen molar-refractivity contribution in [3.05, 3.63) is 47.5 Å². The summed E-state index contributed by atoms with van der Waals surface area (Å²) in [6, 6.07) is 11.9. The quantitative estimate of drug-likeness (QED) is 0.725. The van der Waals surface area contributed by atoms with Crippen LogP contribution in [0.15, 0.2) is 36.4 Å². The lowest BCUT2D eigenvalue weighted by molar-refractivity contribution is 0.000543. The normalized spacial score (nSPS) is 28.1. The molecule has 0 spiro atoms. The smallest absolute Gasteiger partial charge is 0.161 e. The second-order valence-electron chi connectivity index (χ2n) is 7.79. The van der Waals surface area contributed by atoms with Gasteiger partial charge in [0.25, 0.3) is 0 Å². The molecule has 6 heteroatoms. The lowest BCUT2D eigenvalue weighted by atomic mass is 9.72. The van der Waals surface area contributed by atoms with Crippen LogP contribution >= 0.6 is 0 Å². The Kier molecular flexibility index (Phi) is 5.32. The summed E-state index contributed by atoms with van der Waals surface area (Å²) in [4.78, 5) is 0. The lowest BCUT2D eigenvalue weighted by Crippen LogP contribution is -2.28. The monoisotopic (exact) mass is 400 g/mol. The fraction of sp³-hybridized carbons (Fsp3) is 0.478. The van der Waals surface area contributed by atoms with Crippen LogP contribution in [0, 0.1) is 11.3 Å². The van der Waals surface area contributed by atoms with Crippen molar-refractivity contribution in [1.82, 2.24) is 0 Å². The molecule has 2 aromatic carbocycles. The third-order valence-electron chi connectivity index (χ3n) is 6.27. The molecule has 2 saturated heterocycles. The van der Waals surface area contributed by atoms with E-state index in [2.05, 4.69) is 6.92 Å². The van der Waals surface area contributed by atoms with E-state index in [9.17, 15) is 0 Å². The van der Waals surface area contributed by atoms with Crippen LogP contribution in [-0.4, -0.2) is 41.7 Å². The van der Waals surface area contributed by atoms with E-state index in [0.717, 1.165) is 11.1 Å². The standard InChI is InChI=1S/C23H28O6/c1-23-13-29-21(14-6-8-17(24-2)19(10-14)26-4)16(23)12-28-22(23)15-7-9-18(25-3)20(11-15)27-5/h6-11,16,21-22H,12-13H2,1-5H3/t16-,21+,22-,23+/m1/s1. The van der Waals surface area contributed by atoms with Gasteiger partial charge >= 0.3 is 0 Å². The van der Waals surface area contributed by atoms with E-state index < -0.39 is 0 Å². The molecular weight excluding hydrogens is 372 g/mol. The van der Waals surface area contributed by atoms with Crippen LogP contribution in [0.3, 0.4) is 0 Å². The van der Waals surface area contributed by atoms with Crippen molar-refractivity contribution in [2.24, 2.45) is 11.3 Å². The van der Waals surface area contributed by atoms with Gasteiger partial charge in [0.1, 0.15) is 0 Å². The van der Waals surface area contributed by atoms with Crippen molar-refractivity contribution in [2.75, 3.05) is 41.7 Å². The van der Waals surface area contributed by atoms with Gasteiger partial charge in [-0.2, -0.15) is 0 Å². The van der Waals surface area contributed by atoms with Crippen molar-refractivity contribution in [3.63, 3.8) is 0 Å². The Morgan fingerprint density at radius 2 is 1.31 bits per heavy atom. The van der Waals surface area contributed by atoms with Crippen molar-refractivity contribution < 1.29 is 28.4 Å². The first-order valence-electron chi connectivity index (χ1n) is 9.72. The average molecular weight is 400 g/mol. The Hall–Kier alpha value is -2.44. The van der Waals surface area contributed by atoms with Crippen molar-refractivity contribution >= 4 is 0 Å². The summed E-state index contributed by atoms with van der Waals surface area (Å²) in [5.74, 6) is 3.07. The van der Waals surface area contributed by atoms with Crippen molar-refractivity contribution in [3.8, 4) is 23.0 Å². The summed E-state index contributed by atoms with van der Waals surface area (Å²) >= 11 is 0. The number of fused-ring (bicyclic) bond motifs is 1. The second kappa shape index (κ2) is 7.76. The molecule has 29 heavy (non-hydrogen) atoms. The minimum atomic E-state index is -0.141. The molecule has 4 rings (SSSR count). The molecule has 2 fully saturated rings. The molecule has 0 unspecified atom stereocenters. The Bertz CT molecular complexity index is 882. The molecule has 0 amide bonds. The number of rotatable bonds is 6. The highest BCUT2D eigenvalue weighted by molar-refractivity contribution is 5.46. The lowest BCUT2D eigenvalue weighted by Gasteiger charge is -2.29. The number of ether oxygens (including phenoxy) is 6. The molecular formula is C23H28O6. The van der Waals surface area contributed by atoms with E-state index in [0.29, 0.717) is 36.2 Å². The maximum Gasteiger partial charge on any atom is 0.161 e. The van der Waals surface area contributed by atoms with Gasteiger partial charge in [0.15, 0.2) is 23.0 Å². The SMILES string of the molecule is COc1ccc([C@H]2OC[C@@H]3[C@H](c4ccc(OC)c(OC)c4)OC[C@]23C)cc1OC. The Balaban J connectivity index is 1.63. The summed E-state index contributed by atoms with van der Waals surface area (Å²) < 4.78 is 34.3. The number of hydrogen-bond donors (Lipinski definition) is 0. The second-order valence-corrected chi connectivity index (χ2v) is 7.79. The van der Waals surface area contributed by atoms with Gasteiger partial charge < -0.3 is 28.4 Å². The van der Waals surface area contributed by atoms with Crippen LogP contribution in [-0.2, 0) is 9.47 Å². The van der Waals surface area contributed by atoms with Crippen LogP contribution in [0.4, 0.5) is 0 Å². The Morgan fingerprint density at radius 3 is 1.90 bits per heavy atom. The summed E-state index contributed by atoms with van der Waals surface area (Å²) in [7, 11) is 6.57. The van der Waals surface area contributed by atoms with Gasteiger partial charge in [-0.1, -0.05) is 19.1 Å². The zero-order chi connectivity index (χ0) is 20.6. The van der Waals surface area contributed by atoms with Gasteiger partial charge in [0.05, 0.1) is 53.9 Å². The highest BCUT2D eigenvalue weighted by Crippen LogP contribution is 2.59. The van der Waals surface area contributed by atoms with Gasteiger partial charge in [0, 0.05) is 11.3 Å². The van der Waals surface area contributed by atoms with Gasteiger partial charge in [-0.15, -0.1) is 0 Å². The highest BCUT2D eigenvalue weighted by Gasteiger charge is 2.57. The average Bonchev–Trinajstić information content (AvgIpc) is 3.27. The Labute approximate surface area is 171 Å². The van der Waals surface area contributed by atoms with E-state index in [1.807, 2.05) is 36.4 Å². The number of benzene rings is 2. The summed E-state index contributed by atoms with van der Waals surface area (Å²) in [6.07, 6.45) is -0.123. The molecule has 2 aliphatic heterocycles. The summed E-state index contributed by atoms with van der Waals surface area (Å²) in [5.41, 5.74) is 2.01. The largest absolute Gasteiger partial charge is 0.493 e. The zero-order valence-corrected chi connectivity index (χ0v) is 17.6. The van der Waals surface area contributed by atoms with Crippen LogP contribution in [0.25, 0.3) is 0 Å². The maximum absolute atomic E-state index is 6.30. The van der Waals surface area contributed by atoms with Crippen LogP contribution in [0.2, 0.25) is 0 Å². The zero-order valence-electron chi connectivity index (χ0n) is 17.6. The first-order valence-corrected chi connectivity index (χ1v) is 9.72. The maximum atomic E-state index is 6.30. The van der Waals surface area contributed by atoms with Crippen LogP contribution in [0.5, 0.6) is 23.0 Å². The Morgan fingerprint density at radius 1 is 0.759 bits per heavy atom. The fourth-order valence-corrected chi connectivity index (χ4v) is 4.63. The van der Waals surface area contributed by atoms with E-state index in [1.54, 1.807) is 28.4 Å². The van der Waals surface area contributed by atoms with E-state index in [4.69, 9.17) is 28.4 Å². The van der Waals surface area contributed by atoms with Gasteiger partial charge in [-0.3, -0.25) is 0 Å². The minimum absolute atomic E-state index is 0.0510. The highest BCUT2D eigenvalue weighted by atomic mass is 16.5. The fourth-order valence-electron chi connectivity index (χ4n) is 4.63. The molecule has 2 aliphatic rings. The molecule has 4 atom stereocenters. The summed E-state index contributed by atoms with van der Waals surface area (Å²) in [5, 5.41) is 0. The molecule has 0 aliphatic carbocycles. The van der Waals surface area contributed by atoms with Gasteiger partial charge in [-0.05, 0) is 35.4 Å². The molecule has 6 nitrogen and oxygen atoms in total. The predicted molar refractivity (Wildman–Crippen MR) is 108 cm³/mol. The predicted octanol–water partition coefficient (Wildman–Crippen LogP) is 4.19. The molecule has 2 heterocycles. The molecule has 2 aromatic rings.